The molecule has 4 nitrogen and oxygen atoms in total. The number of nitrogens with one attached hydrogen (secondary N) is 1. The van der Waals surface area contributed by atoms with Gasteiger partial charge in [0.05, 0.1) is 15.2 Å². The topological polar surface area (TPSA) is 40.5 Å². The first kappa shape index (κ1) is 16.7. The summed E-state index contributed by atoms with van der Waals surface area (Å²) in [6.07, 6.45) is 4.49. The number of aliphatic imine (C=N–C) groups is 1. The molecule has 0 bridgehead atoms. The number of para-hydroxylation sites is 1. The first-order chi connectivity index (χ1) is 10.7. The zero-order chi connectivity index (χ0) is 15.8. The molecule has 0 amide bonds. The number of hydrogen-bond donors (Lipinski definition) is 1. The number of benzene rings is 1. The second kappa shape index (κ2) is 8.73. The van der Waals surface area contributed by atoms with Gasteiger partial charge in [0.2, 0.25) is 0 Å². The Morgan fingerprint density at radius 2 is 2.14 bits per heavy atom. The largest absolute Gasteiger partial charge is 0.356 e. The number of rotatable bonds is 7. The highest BCUT2D eigenvalue weighted by Gasteiger charge is 2.05. The number of unbranched alkanes of at least 4 members (excludes halogenated alkanes) is 1. The Kier molecular flexibility index (Phi) is 6.65. The maximum Gasteiger partial charge on any atom is 0.193 e. The predicted molar refractivity (Wildman–Crippen MR) is 96.8 cm³/mol. The summed E-state index contributed by atoms with van der Waals surface area (Å²) < 4.78 is 1.28. The molecule has 2 rings (SSSR count). The van der Waals surface area contributed by atoms with E-state index in [1.54, 1.807) is 11.3 Å². The van der Waals surface area contributed by atoms with Gasteiger partial charge in [-0.1, -0.05) is 25.5 Å². The Labute approximate surface area is 137 Å². The van der Waals surface area contributed by atoms with Crippen LogP contribution in [0.4, 0.5) is 0 Å². The van der Waals surface area contributed by atoms with Crippen LogP contribution in [0.25, 0.3) is 10.2 Å². The van der Waals surface area contributed by atoms with Crippen molar-refractivity contribution >= 4 is 27.5 Å². The van der Waals surface area contributed by atoms with E-state index in [1.165, 1.54) is 22.5 Å². The molecule has 1 aromatic heterocycles. The molecular weight excluding hydrogens is 292 g/mol. The zero-order valence-electron chi connectivity index (χ0n) is 13.8. The van der Waals surface area contributed by atoms with Gasteiger partial charge in [-0.15, -0.1) is 11.3 Å². The van der Waals surface area contributed by atoms with Gasteiger partial charge in [0.15, 0.2) is 5.96 Å². The Balaban J connectivity index is 1.76. The third-order valence-corrected chi connectivity index (χ3v) is 4.71. The van der Waals surface area contributed by atoms with E-state index < -0.39 is 0 Å². The number of fused-ring (bicyclic) bond motifs is 1. The summed E-state index contributed by atoms with van der Waals surface area (Å²) in [5.41, 5.74) is 1.12. The van der Waals surface area contributed by atoms with Crippen molar-refractivity contribution in [2.75, 3.05) is 27.2 Å². The molecule has 0 unspecified atom stereocenters. The van der Waals surface area contributed by atoms with Gasteiger partial charge in [-0.2, -0.15) is 0 Å². The van der Waals surface area contributed by atoms with E-state index in [2.05, 4.69) is 52.4 Å². The number of hydrogen-bond acceptors (Lipinski definition) is 3. The summed E-state index contributed by atoms with van der Waals surface area (Å²) in [5, 5.41) is 4.65. The summed E-state index contributed by atoms with van der Waals surface area (Å²) in [4.78, 5) is 11.2. The quantitative estimate of drug-likeness (QED) is 0.482. The SMILES string of the molecule is CCCCN(C)C(=NC)NCCCc1nc2ccccc2s1. The van der Waals surface area contributed by atoms with Crippen molar-refractivity contribution in [1.29, 1.82) is 0 Å². The summed E-state index contributed by atoms with van der Waals surface area (Å²) in [5.74, 6) is 0.984. The standard InChI is InChI=1S/C17H26N4S/c1-4-5-13-21(3)17(18-2)19-12-8-11-16-20-14-9-6-7-10-15(14)22-16/h6-7,9-10H,4-5,8,11-13H2,1-3H3,(H,18,19). The lowest BCUT2D eigenvalue weighted by Gasteiger charge is -2.21. The molecule has 0 aliphatic heterocycles. The molecule has 22 heavy (non-hydrogen) atoms. The summed E-state index contributed by atoms with van der Waals surface area (Å²) in [6, 6.07) is 8.34. The second-order valence-electron chi connectivity index (χ2n) is 5.43. The van der Waals surface area contributed by atoms with Crippen LogP contribution in [0.3, 0.4) is 0 Å². The molecule has 5 heteroatoms. The molecule has 120 valence electrons. The van der Waals surface area contributed by atoms with Crippen molar-refractivity contribution in [2.45, 2.75) is 32.6 Å². The van der Waals surface area contributed by atoms with Crippen molar-refractivity contribution in [1.82, 2.24) is 15.2 Å². The fourth-order valence-corrected chi connectivity index (χ4v) is 3.36. The van der Waals surface area contributed by atoms with Crippen LogP contribution in [0.5, 0.6) is 0 Å². The average molecular weight is 318 g/mol. The second-order valence-corrected chi connectivity index (χ2v) is 6.54. The molecule has 0 fully saturated rings. The minimum atomic E-state index is 0.930. The molecule has 1 aromatic carbocycles. The Morgan fingerprint density at radius 3 is 2.86 bits per heavy atom. The maximum atomic E-state index is 4.68. The first-order valence-corrected chi connectivity index (χ1v) is 8.82. The van der Waals surface area contributed by atoms with Crippen LogP contribution in [0.1, 0.15) is 31.2 Å². The lowest BCUT2D eigenvalue weighted by Crippen LogP contribution is -2.39. The highest BCUT2D eigenvalue weighted by molar-refractivity contribution is 7.18. The monoisotopic (exact) mass is 318 g/mol. The van der Waals surface area contributed by atoms with Crippen LogP contribution in [0.15, 0.2) is 29.3 Å². The molecule has 1 heterocycles. The van der Waals surface area contributed by atoms with Crippen LogP contribution >= 0.6 is 11.3 Å². The van der Waals surface area contributed by atoms with Crippen LogP contribution in [0, 0.1) is 0 Å². The highest BCUT2D eigenvalue weighted by atomic mass is 32.1. The van der Waals surface area contributed by atoms with E-state index in [0.717, 1.165) is 37.4 Å². The minimum absolute atomic E-state index is 0.930. The van der Waals surface area contributed by atoms with Gasteiger partial charge < -0.3 is 10.2 Å². The first-order valence-electron chi connectivity index (χ1n) is 8.00. The molecule has 1 N–H and O–H groups in total. The lowest BCUT2D eigenvalue weighted by atomic mass is 10.3. The number of guanidine groups is 1. The van der Waals surface area contributed by atoms with Crippen molar-refractivity contribution in [3.8, 4) is 0 Å². The number of thiazole rings is 1. The number of nitrogens with zero attached hydrogens (tertiary/aromatic N) is 3. The van der Waals surface area contributed by atoms with E-state index >= 15 is 0 Å². The van der Waals surface area contributed by atoms with Crippen molar-refractivity contribution in [3.63, 3.8) is 0 Å². The van der Waals surface area contributed by atoms with E-state index in [-0.39, 0.29) is 0 Å². The van der Waals surface area contributed by atoms with E-state index in [4.69, 9.17) is 0 Å². The van der Waals surface area contributed by atoms with Crippen molar-refractivity contribution in [3.05, 3.63) is 29.3 Å². The normalized spacial score (nSPS) is 11.9. The van der Waals surface area contributed by atoms with Crippen LogP contribution < -0.4 is 5.32 Å². The molecule has 0 spiro atoms. The third kappa shape index (κ3) is 4.70. The number of aromatic nitrogens is 1. The van der Waals surface area contributed by atoms with E-state index in [0.29, 0.717) is 0 Å². The summed E-state index contributed by atoms with van der Waals surface area (Å²) >= 11 is 1.80. The van der Waals surface area contributed by atoms with Crippen LogP contribution in [0.2, 0.25) is 0 Å². The molecular formula is C17H26N4S. The predicted octanol–water partition coefficient (Wildman–Crippen LogP) is 3.54. The maximum absolute atomic E-state index is 4.68. The van der Waals surface area contributed by atoms with Crippen LogP contribution in [-0.2, 0) is 6.42 Å². The smallest absolute Gasteiger partial charge is 0.193 e. The van der Waals surface area contributed by atoms with Gasteiger partial charge in [0.1, 0.15) is 0 Å². The minimum Gasteiger partial charge on any atom is -0.356 e. The zero-order valence-corrected chi connectivity index (χ0v) is 14.6. The van der Waals surface area contributed by atoms with Gasteiger partial charge in [-0.05, 0) is 25.0 Å². The lowest BCUT2D eigenvalue weighted by molar-refractivity contribution is 0.464. The van der Waals surface area contributed by atoms with Crippen LogP contribution in [-0.4, -0.2) is 43.0 Å². The van der Waals surface area contributed by atoms with Crippen molar-refractivity contribution in [2.24, 2.45) is 4.99 Å². The fraction of sp³-hybridized carbons (Fsp3) is 0.529. The molecule has 0 radical (unpaired) electrons. The third-order valence-electron chi connectivity index (χ3n) is 3.61. The summed E-state index contributed by atoms with van der Waals surface area (Å²) in [6.45, 7) is 4.19. The van der Waals surface area contributed by atoms with E-state index in [1.807, 2.05) is 13.1 Å². The molecule has 2 aromatic rings. The van der Waals surface area contributed by atoms with Gasteiger partial charge in [0.25, 0.3) is 0 Å². The van der Waals surface area contributed by atoms with Gasteiger partial charge in [0, 0.05) is 33.6 Å². The number of aryl methyl sites for hydroxylation is 1. The van der Waals surface area contributed by atoms with Gasteiger partial charge in [-0.3, -0.25) is 4.99 Å². The molecule has 0 saturated carbocycles. The molecule has 0 saturated heterocycles. The molecule has 0 atom stereocenters. The summed E-state index contributed by atoms with van der Waals surface area (Å²) in [7, 11) is 3.94. The Hall–Kier alpha value is -1.62. The molecule has 0 aliphatic rings. The fourth-order valence-electron chi connectivity index (χ4n) is 2.35. The van der Waals surface area contributed by atoms with Gasteiger partial charge in [-0.25, -0.2) is 4.98 Å². The highest BCUT2D eigenvalue weighted by Crippen LogP contribution is 2.22. The Bertz CT molecular complexity index is 572. The van der Waals surface area contributed by atoms with Crippen molar-refractivity contribution < 1.29 is 0 Å². The van der Waals surface area contributed by atoms with E-state index in [9.17, 15) is 0 Å². The average Bonchev–Trinajstić information content (AvgIpc) is 2.95. The Morgan fingerprint density at radius 1 is 1.32 bits per heavy atom. The van der Waals surface area contributed by atoms with Gasteiger partial charge >= 0.3 is 0 Å². The molecule has 0 aliphatic carbocycles.